The lowest BCUT2D eigenvalue weighted by Gasteiger charge is -2.03. The van der Waals surface area contributed by atoms with Gasteiger partial charge in [-0.25, -0.2) is 0 Å². The predicted molar refractivity (Wildman–Crippen MR) is 41.4 cm³/mol. The quantitative estimate of drug-likeness (QED) is 0.522. The van der Waals surface area contributed by atoms with E-state index < -0.39 is 0 Å². The van der Waals surface area contributed by atoms with Crippen LogP contribution in [0.15, 0.2) is 0 Å². The molecule has 1 atom stereocenters. The minimum absolute atomic E-state index is 0.449. The van der Waals surface area contributed by atoms with Crippen LogP contribution < -0.4 is 5.73 Å². The van der Waals surface area contributed by atoms with Gasteiger partial charge in [0.2, 0.25) is 0 Å². The van der Waals surface area contributed by atoms with E-state index in [2.05, 4.69) is 11.9 Å². The summed E-state index contributed by atoms with van der Waals surface area (Å²) in [5.41, 5.74) is 5.58. The van der Waals surface area contributed by atoms with Gasteiger partial charge < -0.3 is 10.6 Å². The first kappa shape index (κ1) is 8.92. The van der Waals surface area contributed by atoms with Gasteiger partial charge in [-0.2, -0.15) is 0 Å². The molecule has 0 bridgehead atoms. The first-order valence-corrected chi connectivity index (χ1v) is 3.73. The summed E-state index contributed by atoms with van der Waals surface area (Å²) in [6.45, 7) is 6.27. The molecule has 0 aromatic heterocycles. The van der Waals surface area contributed by atoms with Gasteiger partial charge in [-0.05, 0) is 20.0 Å². The van der Waals surface area contributed by atoms with Gasteiger partial charge >= 0.3 is 0 Å². The molecule has 1 heterocycles. The topological polar surface area (TPSA) is 29.3 Å². The summed E-state index contributed by atoms with van der Waals surface area (Å²) < 4.78 is 0. The molecule has 0 saturated carbocycles. The van der Waals surface area contributed by atoms with Gasteiger partial charge in [0.25, 0.3) is 0 Å². The number of likely N-dealkylation sites (tertiary alicyclic amines) is 1. The lowest BCUT2D eigenvalue weighted by atomic mass is 10.3. The van der Waals surface area contributed by atoms with Crippen molar-refractivity contribution in [3.63, 3.8) is 0 Å². The molecule has 1 aliphatic rings. The zero-order valence-electron chi connectivity index (χ0n) is 6.72. The van der Waals surface area contributed by atoms with E-state index >= 15 is 0 Å². The van der Waals surface area contributed by atoms with Crippen LogP contribution in [0.5, 0.6) is 0 Å². The highest BCUT2D eigenvalue weighted by atomic mass is 15.1. The van der Waals surface area contributed by atoms with Crippen molar-refractivity contribution in [2.24, 2.45) is 5.73 Å². The first-order chi connectivity index (χ1) is 4.29. The zero-order valence-corrected chi connectivity index (χ0v) is 6.72. The maximum Gasteiger partial charge on any atom is 0.0179 e. The molecule has 2 nitrogen and oxygen atoms in total. The van der Waals surface area contributed by atoms with Crippen LogP contribution >= 0.6 is 0 Å². The van der Waals surface area contributed by atoms with Crippen LogP contribution in [0.1, 0.15) is 20.3 Å². The largest absolute Gasteiger partial charge is 0.326 e. The van der Waals surface area contributed by atoms with Crippen LogP contribution in [-0.4, -0.2) is 31.1 Å². The molecule has 1 unspecified atom stereocenters. The Labute approximate surface area is 58.0 Å². The molecule has 0 aromatic carbocycles. The Bertz CT molecular complexity index is 55.9. The average Bonchev–Trinajstić information content (AvgIpc) is 2.20. The normalized spacial score (nSPS) is 27.3. The Morgan fingerprint density at radius 1 is 1.44 bits per heavy atom. The number of nitrogens with two attached hydrogens (primary N) is 1. The second kappa shape index (κ2) is 4.77. The van der Waals surface area contributed by atoms with E-state index in [1.54, 1.807) is 0 Å². The van der Waals surface area contributed by atoms with Crippen molar-refractivity contribution >= 4 is 0 Å². The third-order valence-electron chi connectivity index (χ3n) is 1.43. The van der Waals surface area contributed by atoms with Crippen LogP contribution in [0.2, 0.25) is 0 Å². The summed E-state index contributed by atoms with van der Waals surface area (Å²) in [6, 6.07) is 0.449. The molecule has 1 fully saturated rings. The van der Waals surface area contributed by atoms with Crippen LogP contribution in [-0.2, 0) is 0 Å². The van der Waals surface area contributed by atoms with E-state index in [1.807, 2.05) is 13.8 Å². The van der Waals surface area contributed by atoms with Crippen molar-refractivity contribution < 1.29 is 0 Å². The van der Waals surface area contributed by atoms with Crippen molar-refractivity contribution in [3.8, 4) is 0 Å². The third kappa shape index (κ3) is 3.49. The van der Waals surface area contributed by atoms with Gasteiger partial charge in [0.05, 0.1) is 0 Å². The van der Waals surface area contributed by atoms with Crippen molar-refractivity contribution in [3.05, 3.63) is 0 Å². The maximum atomic E-state index is 5.58. The van der Waals surface area contributed by atoms with Crippen LogP contribution in [0.4, 0.5) is 0 Å². The first-order valence-electron chi connectivity index (χ1n) is 3.73. The molecule has 56 valence electrons. The number of likely N-dealkylation sites (N-methyl/N-ethyl adjacent to an activating group) is 1. The number of hydrogen-bond donors (Lipinski definition) is 1. The van der Waals surface area contributed by atoms with Crippen LogP contribution in [0.3, 0.4) is 0 Å². The van der Waals surface area contributed by atoms with Gasteiger partial charge in [-0.15, -0.1) is 0 Å². The second-order valence-corrected chi connectivity index (χ2v) is 2.31. The fourth-order valence-electron chi connectivity index (χ4n) is 0.969. The van der Waals surface area contributed by atoms with Gasteiger partial charge in [0, 0.05) is 12.6 Å². The highest BCUT2D eigenvalue weighted by Crippen LogP contribution is 2.01. The van der Waals surface area contributed by atoms with Gasteiger partial charge in [0.15, 0.2) is 0 Å². The number of hydrogen-bond acceptors (Lipinski definition) is 2. The average molecular weight is 130 g/mol. The Morgan fingerprint density at radius 2 is 2.00 bits per heavy atom. The summed E-state index contributed by atoms with van der Waals surface area (Å²) in [5, 5.41) is 0. The minimum Gasteiger partial charge on any atom is -0.326 e. The Kier molecular flexibility index (Phi) is 4.72. The summed E-state index contributed by atoms with van der Waals surface area (Å²) in [6.07, 6.45) is 1.18. The smallest absolute Gasteiger partial charge is 0.0179 e. The van der Waals surface area contributed by atoms with Gasteiger partial charge in [-0.1, -0.05) is 13.8 Å². The van der Waals surface area contributed by atoms with Crippen molar-refractivity contribution in [1.82, 2.24) is 4.90 Å². The molecule has 0 spiro atoms. The summed E-state index contributed by atoms with van der Waals surface area (Å²) in [7, 11) is 2.10. The summed E-state index contributed by atoms with van der Waals surface area (Å²) >= 11 is 0. The second-order valence-electron chi connectivity index (χ2n) is 2.31. The molecular weight excluding hydrogens is 112 g/mol. The van der Waals surface area contributed by atoms with Crippen LogP contribution in [0.25, 0.3) is 0 Å². The van der Waals surface area contributed by atoms with E-state index in [0.717, 1.165) is 6.54 Å². The van der Waals surface area contributed by atoms with E-state index in [-0.39, 0.29) is 0 Å². The fourth-order valence-corrected chi connectivity index (χ4v) is 0.969. The highest BCUT2D eigenvalue weighted by molar-refractivity contribution is 4.74. The molecule has 0 aromatic rings. The SMILES string of the molecule is CC.CN1CCC(N)C1. The molecule has 0 amide bonds. The molecule has 0 aliphatic carbocycles. The fraction of sp³-hybridized carbons (Fsp3) is 1.00. The molecule has 2 N–H and O–H groups in total. The van der Waals surface area contributed by atoms with E-state index in [9.17, 15) is 0 Å². The molecule has 1 aliphatic heterocycles. The van der Waals surface area contributed by atoms with Crippen molar-refractivity contribution in [1.29, 1.82) is 0 Å². The maximum absolute atomic E-state index is 5.58. The molecule has 0 radical (unpaired) electrons. The lowest BCUT2D eigenvalue weighted by molar-refractivity contribution is 0.411. The van der Waals surface area contributed by atoms with Crippen molar-refractivity contribution in [2.75, 3.05) is 20.1 Å². The molecule has 2 heteroatoms. The molecule has 1 saturated heterocycles. The van der Waals surface area contributed by atoms with Crippen molar-refractivity contribution in [2.45, 2.75) is 26.3 Å². The predicted octanol–water partition coefficient (Wildman–Crippen LogP) is 0.675. The van der Waals surface area contributed by atoms with E-state index in [0.29, 0.717) is 6.04 Å². The third-order valence-corrected chi connectivity index (χ3v) is 1.43. The van der Waals surface area contributed by atoms with E-state index in [4.69, 9.17) is 5.73 Å². The number of nitrogens with zero attached hydrogens (tertiary/aromatic N) is 1. The minimum atomic E-state index is 0.449. The van der Waals surface area contributed by atoms with Gasteiger partial charge in [0.1, 0.15) is 0 Å². The van der Waals surface area contributed by atoms with Gasteiger partial charge in [-0.3, -0.25) is 0 Å². The zero-order chi connectivity index (χ0) is 7.28. The monoisotopic (exact) mass is 130 g/mol. The summed E-state index contributed by atoms with van der Waals surface area (Å²) in [4.78, 5) is 2.25. The highest BCUT2D eigenvalue weighted by Gasteiger charge is 2.13. The number of rotatable bonds is 0. The lowest BCUT2D eigenvalue weighted by Crippen LogP contribution is -2.23. The van der Waals surface area contributed by atoms with E-state index in [1.165, 1.54) is 13.0 Å². The Morgan fingerprint density at radius 3 is 2.11 bits per heavy atom. The van der Waals surface area contributed by atoms with Crippen LogP contribution in [0, 0.1) is 0 Å². The molecule has 1 rings (SSSR count). The summed E-state index contributed by atoms with van der Waals surface area (Å²) in [5.74, 6) is 0. The Hall–Kier alpha value is -0.0800. The Balaban J connectivity index is 0.000000291. The molecular formula is C7H18N2. The standard InChI is InChI=1S/C5H12N2.C2H6/c1-7-3-2-5(6)4-7;1-2/h5H,2-4,6H2,1H3;1-2H3. The molecule has 9 heavy (non-hydrogen) atoms.